The third kappa shape index (κ3) is 2.36. The van der Waals surface area contributed by atoms with Crippen molar-refractivity contribution in [3.05, 3.63) is 12.7 Å². The van der Waals surface area contributed by atoms with Gasteiger partial charge in [0, 0.05) is 0 Å². The third-order valence-corrected chi connectivity index (χ3v) is 3.53. The van der Waals surface area contributed by atoms with E-state index in [2.05, 4.69) is 33.4 Å². The number of rotatable bonds is 5. The fraction of sp³-hybridized carbons (Fsp3) is 0.833. The Balaban J connectivity index is 2.30. The van der Waals surface area contributed by atoms with Gasteiger partial charge in [-0.05, 0) is 36.5 Å². The van der Waals surface area contributed by atoms with Crippen LogP contribution in [-0.2, 0) is 0 Å². The highest BCUT2D eigenvalue weighted by Gasteiger charge is 2.34. The molecule has 0 aromatic carbocycles. The summed E-state index contributed by atoms with van der Waals surface area (Å²) in [7, 11) is 0. The molecule has 0 heterocycles. The van der Waals surface area contributed by atoms with Crippen LogP contribution < -0.4 is 0 Å². The zero-order valence-corrected chi connectivity index (χ0v) is 8.72. The maximum Gasteiger partial charge on any atom is -0.0208 e. The van der Waals surface area contributed by atoms with Gasteiger partial charge in [0.15, 0.2) is 0 Å². The van der Waals surface area contributed by atoms with E-state index in [4.69, 9.17) is 0 Å². The molecule has 0 nitrogen and oxygen atoms in total. The number of hydrogen-bond donors (Lipinski definition) is 0. The molecular weight excluding hydrogens is 144 g/mol. The molecule has 1 fully saturated rings. The van der Waals surface area contributed by atoms with Crippen LogP contribution in [0.5, 0.6) is 0 Å². The van der Waals surface area contributed by atoms with Crippen molar-refractivity contribution in [1.29, 1.82) is 0 Å². The topological polar surface area (TPSA) is 0 Å². The van der Waals surface area contributed by atoms with Gasteiger partial charge in [0.1, 0.15) is 0 Å². The van der Waals surface area contributed by atoms with Crippen molar-refractivity contribution in [1.82, 2.24) is 0 Å². The number of allylic oxidation sites excluding steroid dienone is 1. The average Bonchev–Trinajstić information content (AvgIpc) is 2.76. The molecule has 12 heavy (non-hydrogen) atoms. The molecule has 0 aliphatic heterocycles. The molecule has 0 radical (unpaired) electrons. The maximum absolute atomic E-state index is 3.94. The highest BCUT2D eigenvalue weighted by Crippen LogP contribution is 2.44. The van der Waals surface area contributed by atoms with E-state index in [1.807, 2.05) is 0 Å². The van der Waals surface area contributed by atoms with E-state index >= 15 is 0 Å². The van der Waals surface area contributed by atoms with Gasteiger partial charge in [0.05, 0.1) is 0 Å². The van der Waals surface area contributed by atoms with Crippen molar-refractivity contribution in [2.75, 3.05) is 0 Å². The van der Waals surface area contributed by atoms with Crippen molar-refractivity contribution in [3.8, 4) is 0 Å². The Hall–Kier alpha value is -0.260. The minimum absolute atomic E-state index is 0.768. The van der Waals surface area contributed by atoms with Crippen LogP contribution in [0.2, 0.25) is 0 Å². The molecule has 0 amide bonds. The predicted molar refractivity (Wildman–Crippen MR) is 55.0 cm³/mol. The van der Waals surface area contributed by atoms with Crippen molar-refractivity contribution in [2.45, 2.75) is 40.0 Å². The first-order chi connectivity index (χ1) is 5.69. The van der Waals surface area contributed by atoms with E-state index in [1.165, 1.54) is 19.3 Å². The number of hydrogen-bond acceptors (Lipinski definition) is 0. The van der Waals surface area contributed by atoms with E-state index in [-0.39, 0.29) is 0 Å². The van der Waals surface area contributed by atoms with Gasteiger partial charge in [-0.2, -0.15) is 0 Å². The molecule has 4 atom stereocenters. The van der Waals surface area contributed by atoms with Gasteiger partial charge in [0.25, 0.3) is 0 Å². The second-order valence-electron chi connectivity index (χ2n) is 4.49. The molecule has 0 N–H and O–H groups in total. The summed E-state index contributed by atoms with van der Waals surface area (Å²) in [5.41, 5.74) is 0. The first-order valence-electron chi connectivity index (χ1n) is 5.31. The van der Waals surface area contributed by atoms with Crippen LogP contribution in [0.1, 0.15) is 40.0 Å². The second kappa shape index (κ2) is 4.11. The summed E-state index contributed by atoms with van der Waals surface area (Å²) >= 11 is 0. The average molecular weight is 166 g/mol. The van der Waals surface area contributed by atoms with Gasteiger partial charge in [-0.25, -0.2) is 0 Å². The van der Waals surface area contributed by atoms with Crippen molar-refractivity contribution < 1.29 is 0 Å². The first-order valence-corrected chi connectivity index (χ1v) is 5.31. The quantitative estimate of drug-likeness (QED) is 0.544. The Labute approximate surface area is 77.1 Å². The van der Waals surface area contributed by atoms with Crippen LogP contribution in [0.25, 0.3) is 0 Å². The zero-order chi connectivity index (χ0) is 9.14. The van der Waals surface area contributed by atoms with Crippen LogP contribution in [0.3, 0.4) is 0 Å². The van der Waals surface area contributed by atoms with Crippen LogP contribution in [0.15, 0.2) is 12.7 Å². The lowest BCUT2D eigenvalue weighted by atomic mass is 9.87. The summed E-state index contributed by atoms with van der Waals surface area (Å²) in [6.07, 6.45) is 6.30. The van der Waals surface area contributed by atoms with E-state index in [0.29, 0.717) is 0 Å². The second-order valence-corrected chi connectivity index (χ2v) is 4.49. The molecule has 70 valence electrons. The first kappa shape index (κ1) is 9.83. The van der Waals surface area contributed by atoms with E-state index in [0.717, 1.165) is 23.7 Å². The van der Waals surface area contributed by atoms with Crippen molar-refractivity contribution in [3.63, 3.8) is 0 Å². The van der Waals surface area contributed by atoms with Gasteiger partial charge in [-0.3, -0.25) is 0 Å². The largest absolute Gasteiger partial charge is 0.103 e. The van der Waals surface area contributed by atoms with Crippen molar-refractivity contribution in [2.24, 2.45) is 23.7 Å². The maximum atomic E-state index is 3.94. The SMILES string of the molecule is C=CC(CC1CC1C)C(C)CC. The molecule has 0 bridgehead atoms. The third-order valence-electron chi connectivity index (χ3n) is 3.53. The highest BCUT2D eigenvalue weighted by atomic mass is 14.4. The lowest BCUT2D eigenvalue weighted by Crippen LogP contribution is -2.09. The normalized spacial score (nSPS) is 32.6. The monoisotopic (exact) mass is 166 g/mol. The molecule has 0 spiro atoms. The molecule has 0 heteroatoms. The molecule has 0 aromatic rings. The molecule has 0 saturated heterocycles. The Kier molecular flexibility index (Phi) is 3.37. The molecule has 1 saturated carbocycles. The summed E-state index contributed by atoms with van der Waals surface area (Å²) in [5, 5.41) is 0. The summed E-state index contributed by atoms with van der Waals surface area (Å²) in [6.45, 7) is 10.9. The van der Waals surface area contributed by atoms with Gasteiger partial charge < -0.3 is 0 Å². The Morgan fingerprint density at radius 3 is 2.50 bits per heavy atom. The highest BCUT2D eigenvalue weighted by molar-refractivity contribution is 4.91. The van der Waals surface area contributed by atoms with Crippen LogP contribution >= 0.6 is 0 Å². The predicted octanol–water partition coefficient (Wildman–Crippen LogP) is 3.88. The van der Waals surface area contributed by atoms with Gasteiger partial charge >= 0.3 is 0 Å². The summed E-state index contributed by atoms with van der Waals surface area (Å²) in [5.74, 6) is 3.61. The van der Waals surface area contributed by atoms with Crippen LogP contribution in [-0.4, -0.2) is 0 Å². The van der Waals surface area contributed by atoms with Gasteiger partial charge in [-0.1, -0.05) is 33.3 Å². The minimum atomic E-state index is 0.768. The lowest BCUT2D eigenvalue weighted by molar-refractivity contribution is 0.371. The van der Waals surface area contributed by atoms with E-state index in [1.54, 1.807) is 0 Å². The molecule has 4 unspecified atom stereocenters. The standard InChI is InChI=1S/C12H22/c1-5-9(3)11(6-2)8-12-7-10(12)4/h6,9-12H,2,5,7-8H2,1,3-4H3. The summed E-state index contributed by atoms with van der Waals surface area (Å²) in [6, 6.07) is 0. The molecule has 0 aromatic heterocycles. The Morgan fingerprint density at radius 1 is 1.58 bits per heavy atom. The Morgan fingerprint density at radius 2 is 2.17 bits per heavy atom. The fourth-order valence-electron chi connectivity index (χ4n) is 1.94. The molecule has 1 aliphatic rings. The molecular formula is C12H22. The van der Waals surface area contributed by atoms with E-state index < -0.39 is 0 Å². The summed E-state index contributed by atoms with van der Waals surface area (Å²) < 4.78 is 0. The van der Waals surface area contributed by atoms with E-state index in [9.17, 15) is 0 Å². The van der Waals surface area contributed by atoms with Crippen LogP contribution in [0, 0.1) is 23.7 Å². The minimum Gasteiger partial charge on any atom is -0.103 e. The van der Waals surface area contributed by atoms with Crippen molar-refractivity contribution >= 4 is 0 Å². The summed E-state index contributed by atoms with van der Waals surface area (Å²) in [4.78, 5) is 0. The van der Waals surface area contributed by atoms with Crippen LogP contribution in [0.4, 0.5) is 0 Å². The Bertz CT molecular complexity index is 148. The van der Waals surface area contributed by atoms with Gasteiger partial charge in [-0.15, -0.1) is 6.58 Å². The molecule has 1 aliphatic carbocycles. The fourth-order valence-corrected chi connectivity index (χ4v) is 1.94. The molecule has 1 rings (SSSR count). The zero-order valence-electron chi connectivity index (χ0n) is 8.72. The lowest BCUT2D eigenvalue weighted by Gasteiger charge is -2.18. The van der Waals surface area contributed by atoms with Gasteiger partial charge in [0.2, 0.25) is 0 Å². The smallest absolute Gasteiger partial charge is 0.0208 e.